The van der Waals surface area contributed by atoms with Crippen molar-refractivity contribution in [3.63, 3.8) is 0 Å². The summed E-state index contributed by atoms with van der Waals surface area (Å²) in [5, 5.41) is 1.17. The molecular formula is C20H18F3N3S3. The molecule has 3 aromatic heterocycles. The van der Waals surface area contributed by atoms with Gasteiger partial charge in [0, 0.05) is 26.9 Å². The van der Waals surface area contributed by atoms with Crippen molar-refractivity contribution in [2.24, 2.45) is 7.05 Å². The third kappa shape index (κ3) is 3.75. The van der Waals surface area contributed by atoms with Crippen molar-refractivity contribution >= 4 is 56.0 Å². The molecular weight excluding hydrogens is 435 g/mol. The van der Waals surface area contributed by atoms with Crippen LogP contribution in [0.3, 0.4) is 0 Å². The molecule has 0 aliphatic heterocycles. The maximum Gasteiger partial charge on any atom is 0.433 e. The summed E-state index contributed by atoms with van der Waals surface area (Å²) in [6, 6.07) is 7.47. The van der Waals surface area contributed by atoms with Crippen LogP contribution in [0.1, 0.15) is 19.5 Å². The van der Waals surface area contributed by atoms with Crippen molar-refractivity contribution in [3.8, 4) is 10.7 Å². The number of hydrogen-bond donors (Lipinski definition) is 0. The highest BCUT2D eigenvalue weighted by Gasteiger charge is 2.33. The number of thiophene rings is 1. The molecule has 0 bridgehead atoms. The Morgan fingerprint density at radius 1 is 1.10 bits per heavy atom. The molecule has 0 radical (unpaired) electrons. The first-order valence-electron chi connectivity index (χ1n) is 9.05. The highest BCUT2D eigenvalue weighted by atomic mass is 32.2. The number of fused-ring (bicyclic) bond motifs is 2. The van der Waals surface area contributed by atoms with Crippen molar-refractivity contribution in [1.29, 1.82) is 0 Å². The monoisotopic (exact) mass is 453 g/mol. The van der Waals surface area contributed by atoms with Crippen LogP contribution < -0.4 is 0 Å². The summed E-state index contributed by atoms with van der Waals surface area (Å²) >= 11 is 5.16. The maximum atomic E-state index is 13.1. The lowest BCUT2D eigenvalue weighted by Crippen LogP contribution is -2.07. The van der Waals surface area contributed by atoms with Crippen molar-refractivity contribution in [2.75, 3.05) is 11.5 Å². The van der Waals surface area contributed by atoms with Crippen LogP contribution in [-0.2, 0) is 13.2 Å². The van der Waals surface area contributed by atoms with Gasteiger partial charge in [-0.25, -0.2) is 9.97 Å². The predicted molar refractivity (Wildman–Crippen MR) is 117 cm³/mol. The number of aromatic nitrogens is 3. The molecule has 9 heteroatoms. The normalized spacial score (nSPS) is 12.3. The van der Waals surface area contributed by atoms with E-state index in [0.29, 0.717) is 16.9 Å². The molecule has 29 heavy (non-hydrogen) atoms. The molecule has 0 N–H and O–H groups in total. The van der Waals surface area contributed by atoms with Crippen LogP contribution >= 0.6 is 34.9 Å². The summed E-state index contributed by atoms with van der Waals surface area (Å²) in [5.41, 5.74) is -0.0348. The Bertz CT molecular complexity index is 1190. The lowest BCUT2D eigenvalue weighted by Gasteiger charge is -2.05. The minimum absolute atomic E-state index is 0.303. The summed E-state index contributed by atoms with van der Waals surface area (Å²) < 4.78 is 42.1. The molecule has 3 nitrogen and oxygen atoms in total. The van der Waals surface area contributed by atoms with Gasteiger partial charge in [-0.3, -0.25) is 0 Å². The molecule has 1 aromatic carbocycles. The fourth-order valence-corrected chi connectivity index (χ4v) is 6.34. The number of rotatable bonds is 5. The maximum absolute atomic E-state index is 13.1. The zero-order valence-corrected chi connectivity index (χ0v) is 18.5. The lowest BCUT2D eigenvalue weighted by molar-refractivity contribution is -0.141. The van der Waals surface area contributed by atoms with Gasteiger partial charge in [-0.2, -0.15) is 13.2 Å². The zero-order valence-electron chi connectivity index (χ0n) is 16.0. The van der Waals surface area contributed by atoms with Crippen molar-refractivity contribution < 1.29 is 13.2 Å². The molecule has 0 aliphatic rings. The van der Waals surface area contributed by atoms with Crippen LogP contribution in [0, 0.1) is 0 Å². The van der Waals surface area contributed by atoms with Crippen LogP contribution in [0.25, 0.3) is 31.8 Å². The van der Waals surface area contributed by atoms with Crippen molar-refractivity contribution in [3.05, 3.63) is 36.2 Å². The number of halogens is 3. The minimum Gasteiger partial charge on any atom is -0.325 e. The number of aryl methyl sites for hydroxylation is 1. The molecule has 0 fully saturated rings. The van der Waals surface area contributed by atoms with E-state index in [2.05, 4.69) is 42.0 Å². The first-order valence-corrected chi connectivity index (χ1v) is 11.8. The van der Waals surface area contributed by atoms with Crippen molar-refractivity contribution in [2.45, 2.75) is 29.8 Å². The standard InChI is InChI=1S/C20H18F3N3S3/c1-4-27-11-6-7-12-15(8-11)29-18(17(12)28-5-2)19-25-13-9-16(20(21,22)23)24-10-14(13)26(19)3/h6-10H,4-5H2,1-3H3. The Morgan fingerprint density at radius 3 is 2.55 bits per heavy atom. The molecule has 0 saturated heterocycles. The third-order valence-electron chi connectivity index (χ3n) is 4.48. The van der Waals surface area contributed by atoms with Gasteiger partial charge in [-0.15, -0.1) is 34.9 Å². The molecule has 0 saturated carbocycles. The molecule has 0 amide bonds. The Labute approximate surface area is 178 Å². The highest BCUT2D eigenvalue weighted by molar-refractivity contribution is 8.00. The third-order valence-corrected chi connectivity index (χ3v) is 7.63. The first kappa shape index (κ1) is 20.6. The molecule has 4 aromatic rings. The molecule has 0 spiro atoms. The topological polar surface area (TPSA) is 30.7 Å². The van der Waals surface area contributed by atoms with Gasteiger partial charge in [-0.1, -0.05) is 19.9 Å². The van der Waals surface area contributed by atoms with Gasteiger partial charge in [0.2, 0.25) is 0 Å². The molecule has 0 aliphatic carbocycles. The van der Waals surface area contributed by atoms with Gasteiger partial charge >= 0.3 is 6.18 Å². The van der Waals surface area contributed by atoms with E-state index in [0.717, 1.165) is 32.0 Å². The van der Waals surface area contributed by atoms with E-state index in [-0.39, 0.29) is 0 Å². The Hall–Kier alpha value is -1.71. The summed E-state index contributed by atoms with van der Waals surface area (Å²) in [5.74, 6) is 2.57. The largest absolute Gasteiger partial charge is 0.433 e. The quantitative estimate of drug-likeness (QED) is 0.302. The molecule has 0 atom stereocenters. The van der Waals surface area contributed by atoms with Crippen molar-refractivity contribution in [1.82, 2.24) is 14.5 Å². The predicted octanol–water partition coefficient (Wildman–Crippen LogP) is 7.09. The summed E-state index contributed by atoms with van der Waals surface area (Å²) in [6.45, 7) is 4.21. The van der Waals surface area contributed by atoms with Gasteiger partial charge in [0.05, 0.1) is 22.1 Å². The van der Waals surface area contributed by atoms with Crippen LogP contribution in [0.2, 0.25) is 0 Å². The number of alkyl halides is 3. The fourth-order valence-electron chi connectivity index (χ4n) is 3.19. The van der Waals surface area contributed by atoms with Crippen LogP contribution in [0.5, 0.6) is 0 Å². The summed E-state index contributed by atoms with van der Waals surface area (Å²) in [7, 11) is 1.82. The molecule has 3 heterocycles. The van der Waals surface area contributed by atoms with Gasteiger partial charge in [-0.05, 0) is 29.7 Å². The molecule has 4 rings (SSSR count). The van der Waals surface area contributed by atoms with Gasteiger partial charge in [0.1, 0.15) is 5.69 Å². The average Bonchev–Trinajstić information content (AvgIpc) is 3.19. The number of thioether (sulfide) groups is 2. The molecule has 0 unspecified atom stereocenters. The number of benzene rings is 1. The van der Waals surface area contributed by atoms with E-state index in [4.69, 9.17) is 0 Å². The summed E-state index contributed by atoms with van der Waals surface area (Å²) in [6.07, 6.45) is -3.23. The highest BCUT2D eigenvalue weighted by Crippen LogP contribution is 2.45. The Morgan fingerprint density at radius 2 is 1.86 bits per heavy atom. The Kier molecular flexibility index (Phi) is 5.56. The van der Waals surface area contributed by atoms with E-state index in [9.17, 15) is 13.2 Å². The van der Waals surface area contributed by atoms with Crippen LogP contribution in [0.15, 0.2) is 40.3 Å². The van der Waals surface area contributed by atoms with E-state index in [1.54, 1.807) is 34.9 Å². The Balaban J connectivity index is 1.91. The average molecular weight is 454 g/mol. The van der Waals surface area contributed by atoms with E-state index in [1.165, 1.54) is 16.5 Å². The zero-order chi connectivity index (χ0) is 20.8. The van der Waals surface area contributed by atoms with Gasteiger partial charge < -0.3 is 4.57 Å². The lowest BCUT2D eigenvalue weighted by atomic mass is 10.2. The SMILES string of the molecule is CCSc1ccc2c(SCC)c(-c3nc4cc(C(F)(F)F)ncc4n3C)sc2c1. The van der Waals surface area contributed by atoms with Crippen LogP contribution in [-0.4, -0.2) is 26.0 Å². The molecule has 152 valence electrons. The van der Waals surface area contributed by atoms with Gasteiger partial charge in [0.25, 0.3) is 0 Å². The number of pyridine rings is 1. The van der Waals surface area contributed by atoms with E-state index < -0.39 is 11.9 Å². The minimum atomic E-state index is -4.49. The second-order valence-corrected chi connectivity index (χ2v) is 10.00. The van der Waals surface area contributed by atoms with E-state index in [1.807, 2.05) is 11.6 Å². The fraction of sp³-hybridized carbons (Fsp3) is 0.300. The van der Waals surface area contributed by atoms with E-state index >= 15 is 0 Å². The number of hydrogen-bond acceptors (Lipinski definition) is 5. The second-order valence-electron chi connectivity index (χ2n) is 6.33. The smallest absolute Gasteiger partial charge is 0.325 e. The number of imidazole rings is 1. The summed E-state index contributed by atoms with van der Waals surface area (Å²) in [4.78, 5) is 11.5. The first-order chi connectivity index (χ1) is 13.8. The van der Waals surface area contributed by atoms with Crippen LogP contribution in [0.4, 0.5) is 13.2 Å². The van der Waals surface area contributed by atoms with Gasteiger partial charge in [0.15, 0.2) is 5.82 Å². The second kappa shape index (κ2) is 7.85. The number of nitrogens with zero attached hydrogens (tertiary/aromatic N) is 3.